The highest BCUT2D eigenvalue weighted by atomic mass is 28.3. The molecular weight excluding hydrogens is 272 g/mol. The van der Waals surface area contributed by atoms with Crippen LogP contribution in [0.4, 0.5) is 0 Å². The van der Waals surface area contributed by atoms with Crippen LogP contribution in [0.1, 0.15) is 11.7 Å². The summed E-state index contributed by atoms with van der Waals surface area (Å²) in [5, 5.41) is 0. The van der Waals surface area contributed by atoms with Crippen LogP contribution in [0, 0.1) is 11.5 Å². The average molecular weight is 292 g/mol. The van der Waals surface area contributed by atoms with E-state index in [-0.39, 0.29) is 12.2 Å². The second-order valence-corrected chi connectivity index (χ2v) is 11.2. The summed E-state index contributed by atoms with van der Waals surface area (Å²) >= 11 is 0. The second-order valence-electron chi connectivity index (χ2n) is 6.48. The summed E-state index contributed by atoms with van der Waals surface area (Å²) in [5.41, 5.74) is 7.10. The van der Waals surface area contributed by atoms with Crippen LogP contribution in [0.25, 0.3) is 11.1 Å². The zero-order valence-electron chi connectivity index (χ0n) is 12.8. The van der Waals surface area contributed by atoms with Crippen molar-refractivity contribution < 1.29 is 4.74 Å². The molecule has 0 bridgehead atoms. The Bertz CT molecular complexity index is 671. The van der Waals surface area contributed by atoms with Gasteiger partial charge in [-0.05, 0) is 16.7 Å². The summed E-state index contributed by atoms with van der Waals surface area (Å²) in [6.07, 6.45) is 0.262. The van der Waals surface area contributed by atoms with Crippen LogP contribution in [0.2, 0.25) is 19.6 Å². The van der Waals surface area contributed by atoms with Gasteiger partial charge in [0.05, 0.1) is 0 Å². The minimum atomic E-state index is -1.30. The summed E-state index contributed by atoms with van der Waals surface area (Å²) in [7, 11) is -1.30. The van der Waals surface area contributed by atoms with Gasteiger partial charge in [0.15, 0.2) is 0 Å². The van der Waals surface area contributed by atoms with E-state index in [0.29, 0.717) is 0 Å². The number of hydrogen-bond donors (Lipinski definition) is 0. The normalized spacial score (nSPS) is 20.5. The number of benzene rings is 2. The highest BCUT2D eigenvalue weighted by Crippen LogP contribution is 2.38. The second kappa shape index (κ2) is 5.52. The third-order valence-corrected chi connectivity index (χ3v) is 4.32. The molecule has 0 saturated carbocycles. The summed E-state index contributed by atoms with van der Waals surface area (Å²) in [6, 6.07) is 19.1. The van der Waals surface area contributed by atoms with E-state index in [9.17, 15) is 0 Å². The molecule has 1 saturated heterocycles. The predicted octanol–water partition coefficient (Wildman–Crippen LogP) is 4.67. The Morgan fingerprint density at radius 1 is 0.857 bits per heavy atom. The molecule has 0 radical (unpaired) electrons. The van der Waals surface area contributed by atoms with Crippen molar-refractivity contribution in [2.75, 3.05) is 0 Å². The maximum Gasteiger partial charge on any atom is 0.148 e. The molecule has 0 N–H and O–H groups in total. The lowest BCUT2D eigenvalue weighted by atomic mass is 10.0. The Kier molecular flexibility index (Phi) is 3.71. The van der Waals surface area contributed by atoms with E-state index >= 15 is 0 Å². The van der Waals surface area contributed by atoms with Gasteiger partial charge in [0.25, 0.3) is 0 Å². The van der Waals surface area contributed by atoms with E-state index < -0.39 is 8.07 Å². The smallest absolute Gasteiger partial charge is 0.148 e. The lowest BCUT2D eigenvalue weighted by Crippen LogP contribution is -2.16. The van der Waals surface area contributed by atoms with E-state index in [1.165, 1.54) is 16.7 Å². The van der Waals surface area contributed by atoms with Crippen molar-refractivity contribution in [3.63, 3.8) is 0 Å². The Balaban J connectivity index is 1.70. The fourth-order valence-electron chi connectivity index (χ4n) is 2.26. The molecule has 21 heavy (non-hydrogen) atoms. The zero-order valence-corrected chi connectivity index (χ0v) is 13.8. The van der Waals surface area contributed by atoms with Crippen molar-refractivity contribution >= 4 is 8.07 Å². The van der Waals surface area contributed by atoms with Crippen molar-refractivity contribution in [1.82, 2.24) is 0 Å². The topological polar surface area (TPSA) is 12.5 Å². The van der Waals surface area contributed by atoms with E-state index in [1.807, 2.05) is 6.07 Å². The lowest BCUT2D eigenvalue weighted by Gasteiger charge is -2.03. The van der Waals surface area contributed by atoms with Gasteiger partial charge in [0, 0.05) is 0 Å². The highest BCUT2D eigenvalue weighted by molar-refractivity contribution is 6.83. The molecule has 1 nitrogen and oxygen atoms in total. The van der Waals surface area contributed by atoms with Gasteiger partial charge < -0.3 is 4.74 Å². The molecule has 1 heterocycles. The van der Waals surface area contributed by atoms with E-state index in [4.69, 9.17) is 4.74 Å². The Hall–Kier alpha value is -1.82. The van der Waals surface area contributed by atoms with Gasteiger partial charge in [-0.15, -0.1) is 5.54 Å². The Morgan fingerprint density at radius 3 is 2.10 bits per heavy atom. The van der Waals surface area contributed by atoms with Gasteiger partial charge in [-0.1, -0.05) is 80.2 Å². The lowest BCUT2D eigenvalue weighted by molar-refractivity contribution is 0.397. The van der Waals surface area contributed by atoms with Crippen molar-refractivity contribution in [1.29, 1.82) is 0 Å². The molecule has 0 aliphatic carbocycles. The molecule has 106 valence electrons. The first-order chi connectivity index (χ1) is 10.0. The number of ether oxygens (including phenoxy) is 1. The first-order valence-electron chi connectivity index (χ1n) is 7.36. The van der Waals surface area contributed by atoms with Gasteiger partial charge in [0.2, 0.25) is 0 Å². The van der Waals surface area contributed by atoms with E-state index in [2.05, 4.69) is 79.6 Å². The average Bonchev–Trinajstić information content (AvgIpc) is 3.25. The molecule has 2 heteroatoms. The maximum atomic E-state index is 5.69. The fraction of sp³-hybridized carbons (Fsp3) is 0.263. The monoisotopic (exact) mass is 292 g/mol. The molecule has 0 aromatic heterocycles. The molecule has 2 aromatic rings. The van der Waals surface area contributed by atoms with Gasteiger partial charge in [0.1, 0.15) is 20.3 Å². The van der Waals surface area contributed by atoms with Crippen LogP contribution >= 0.6 is 0 Å². The molecule has 1 aliphatic heterocycles. The van der Waals surface area contributed by atoms with Crippen LogP contribution in [0.15, 0.2) is 54.6 Å². The van der Waals surface area contributed by atoms with Crippen LogP contribution in [-0.2, 0) is 4.74 Å². The molecule has 1 fully saturated rings. The third kappa shape index (κ3) is 3.63. The SMILES string of the molecule is C[Si](C)(C)C#C[C@@H]1O[C@@H]1c1ccc(-c2ccccc2)cc1. The summed E-state index contributed by atoms with van der Waals surface area (Å²) in [4.78, 5) is 0. The molecule has 0 amide bonds. The third-order valence-electron chi connectivity index (χ3n) is 3.43. The summed E-state index contributed by atoms with van der Waals surface area (Å²) in [6.45, 7) is 6.77. The van der Waals surface area contributed by atoms with E-state index in [0.717, 1.165) is 0 Å². The van der Waals surface area contributed by atoms with Crippen molar-refractivity contribution in [2.45, 2.75) is 31.8 Å². The standard InChI is InChI=1S/C19H20OSi/c1-21(2,3)14-13-18-19(20-18)17-11-9-16(10-12-17)15-7-5-4-6-8-15/h4-12,18-19H,1-3H3/t18-,19+/m0/s1. The van der Waals surface area contributed by atoms with Crippen LogP contribution in [0.5, 0.6) is 0 Å². The Morgan fingerprint density at radius 2 is 1.48 bits per heavy atom. The van der Waals surface area contributed by atoms with Gasteiger partial charge in [-0.25, -0.2) is 0 Å². The largest absolute Gasteiger partial charge is 0.351 e. The molecular formula is C19H20OSi. The Labute approximate surface area is 128 Å². The van der Waals surface area contributed by atoms with Crippen molar-refractivity contribution in [3.8, 4) is 22.6 Å². The summed E-state index contributed by atoms with van der Waals surface area (Å²) in [5.74, 6) is 3.28. The van der Waals surface area contributed by atoms with Crippen LogP contribution in [0.3, 0.4) is 0 Å². The molecule has 0 unspecified atom stereocenters. The molecule has 2 aromatic carbocycles. The highest BCUT2D eigenvalue weighted by Gasteiger charge is 2.38. The number of epoxide rings is 1. The van der Waals surface area contributed by atoms with Crippen LogP contribution in [-0.4, -0.2) is 14.2 Å². The quantitative estimate of drug-likeness (QED) is 0.445. The van der Waals surface area contributed by atoms with Crippen molar-refractivity contribution in [2.24, 2.45) is 0 Å². The van der Waals surface area contributed by atoms with Gasteiger partial charge in [-0.3, -0.25) is 0 Å². The first kappa shape index (κ1) is 14.1. The fourth-order valence-corrected chi connectivity index (χ4v) is 2.83. The first-order valence-corrected chi connectivity index (χ1v) is 10.9. The molecule has 2 atom stereocenters. The van der Waals surface area contributed by atoms with Gasteiger partial charge in [-0.2, -0.15) is 0 Å². The zero-order chi connectivity index (χ0) is 14.9. The molecule has 3 rings (SSSR count). The van der Waals surface area contributed by atoms with E-state index in [1.54, 1.807) is 0 Å². The maximum absolute atomic E-state index is 5.69. The summed E-state index contributed by atoms with van der Waals surface area (Å²) < 4.78 is 5.69. The predicted molar refractivity (Wildman–Crippen MR) is 90.6 cm³/mol. The molecule has 0 spiro atoms. The number of rotatable bonds is 2. The number of hydrogen-bond acceptors (Lipinski definition) is 1. The minimum Gasteiger partial charge on any atom is -0.351 e. The molecule has 1 aliphatic rings. The van der Waals surface area contributed by atoms with Crippen LogP contribution < -0.4 is 0 Å². The van der Waals surface area contributed by atoms with Gasteiger partial charge >= 0.3 is 0 Å². The minimum absolute atomic E-state index is 0.0966. The van der Waals surface area contributed by atoms with Crippen molar-refractivity contribution in [3.05, 3.63) is 60.2 Å².